The number of ether oxygens (including phenoxy) is 2. The first-order chi connectivity index (χ1) is 14.6. The minimum atomic E-state index is 0.673. The molecule has 6 heteroatoms. The molecule has 2 aromatic heterocycles. The zero-order chi connectivity index (χ0) is 21.1. The number of hydrogen-bond acceptors (Lipinski definition) is 5. The summed E-state index contributed by atoms with van der Waals surface area (Å²) in [5, 5.41) is 8.39. The summed E-state index contributed by atoms with van der Waals surface area (Å²) in [5.74, 6) is 3.05. The van der Waals surface area contributed by atoms with Crippen molar-refractivity contribution in [3.8, 4) is 22.6 Å². The van der Waals surface area contributed by atoms with Crippen LogP contribution in [0.25, 0.3) is 16.8 Å². The summed E-state index contributed by atoms with van der Waals surface area (Å²) in [6.45, 7) is 4.96. The number of aryl methyl sites for hydroxylation is 2. The molecule has 30 heavy (non-hydrogen) atoms. The fourth-order valence-corrected chi connectivity index (χ4v) is 4.21. The Labute approximate surface area is 177 Å². The molecular weight excluding hydrogens is 376 g/mol. The molecule has 0 aliphatic heterocycles. The number of hydrogen-bond donors (Lipinski definition) is 1. The first-order valence-electron chi connectivity index (χ1n) is 10.6. The Bertz CT molecular complexity index is 1070. The lowest BCUT2D eigenvalue weighted by Crippen LogP contribution is -2.12. The van der Waals surface area contributed by atoms with Crippen molar-refractivity contribution in [2.24, 2.45) is 5.92 Å². The average molecular weight is 407 g/mol. The standard InChI is InChI=1S/C24H30N4O2/c1-16-14-22(25-13-12-18-8-6-5-7-9-18)28-24(26-16)23(17(2)27-28)19-10-11-20(29-3)21(15-19)30-4/h6,8,10-11,14-15,18,25H,5,7,9,12-13H2,1-4H3. The fraction of sp³-hybridized carbons (Fsp3) is 0.417. The molecule has 0 amide bonds. The Morgan fingerprint density at radius 2 is 1.97 bits per heavy atom. The summed E-state index contributed by atoms with van der Waals surface area (Å²) < 4.78 is 12.8. The Kier molecular flexibility index (Phi) is 5.93. The van der Waals surface area contributed by atoms with E-state index in [0.717, 1.165) is 46.9 Å². The van der Waals surface area contributed by atoms with Crippen LogP contribution < -0.4 is 14.8 Å². The monoisotopic (exact) mass is 406 g/mol. The summed E-state index contributed by atoms with van der Waals surface area (Å²) in [5.41, 5.74) is 4.76. The molecule has 1 unspecified atom stereocenters. The van der Waals surface area contributed by atoms with Gasteiger partial charge in [0, 0.05) is 23.9 Å². The second-order valence-electron chi connectivity index (χ2n) is 7.88. The van der Waals surface area contributed by atoms with Gasteiger partial charge >= 0.3 is 0 Å². The largest absolute Gasteiger partial charge is 0.493 e. The van der Waals surface area contributed by atoms with E-state index in [1.165, 1.54) is 19.3 Å². The average Bonchev–Trinajstić information content (AvgIpc) is 3.09. The van der Waals surface area contributed by atoms with Crippen molar-refractivity contribution >= 4 is 11.5 Å². The lowest BCUT2D eigenvalue weighted by Gasteiger charge is -2.17. The summed E-state index contributed by atoms with van der Waals surface area (Å²) >= 11 is 0. The van der Waals surface area contributed by atoms with E-state index in [0.29, 0.717) is 17.4 Å². The van der Waals surface area contributed by atoms with Crippen LogP contribution in [0.1, 0.15) is 37.1 Å². The van der Waals surface area contributed by atoms with Crippen molar-refractivity contribution in [1.29, 1.82) is 0 Å². The molecule has 0 saturated heterocycles. The molecule has 1 aromatic carbocycles. The number of nitrogens with one attached hydrogen (secondary N) is 1. The van der Waals surface area contributed by atoms with Gasteiger partial charge in [0.15, 0.2) is 17.1 Å². The molecule has 0 radical (unpaired) electrons. The van der Waals surface area contributed by atoms with Crippen LogP contribution in [0.2, 0.25) is 0 Å². The van der Waals surface area contributed by atoms with Crippen molar-refractivity contribution in [1.82, 2.24) is 14.6 Å². The molecule has 1 atom stereocenters. The van der Waals surface area contributed by atoms with Gasteiger partial charge in [-0.15, -0.1) is 0 Å². The number of aromatic nitrogens is 3. The van der Waals surface area contributed by atoms with E-state index in [9.17, 15) is 0 Å². The van der Waals surface area contributed by atoms with Gasteiger partial charge in [0.2, 0.25) is 0 Å². The van der Waals surface area contributed by atoms with Crippen LogP contribution in [0.4, 0.5) is 5.82 Å². The molecule has 158 valence electrons. The van der Waals surface area contributed by atoms with Crippen LogP contribution in [0.15, 0.2) is 36.4 Å². The van der Waals surface area contributed by atoms with Gasteiger partial charge in [-0.25, -0.2) is 4.98 Å². The fourth-order valence-electron chi connectivity index (χ4n) is 4.21. The number of benzene rings is 1. The highest BCUT2D eigenvalue weighted by Crippen LogP contribution is 2.35. The highest BCUT2D eigenvalue weighted by molar-refractivity contribution is 5.82. The quantitative estimate of drug-likeness (QED) is 0.547. The Morgan fingerprint density at radius 3 is 2.70 bits per heavy atom. The second-order valence-corrected chi connectivity index (χ2v) is 7.88. The van der Waals surface area contributed by atoms with Crippen molar-refractivity contribution in [3.05, 3.63) is 47.8 Å². The molecule has 2 heterocycles. The van der Waals surface area contributed by atoms with E-state index < -0.39 is 0 Å². The summed E-state index contributed by atoms with van der Waals surface area (Å²) in [4.78, 5) is 4.81. The molecule has 1 N–H and O–H groups in total. The van der Waals surface area contributed by atoms with Gasteiger partial charge in [0.25, 0.3) is 0 Å². The normalized spacial score (nSPS) is 16.1. The van der Waals surface area contributed by atoms with E-state index in [2.05, 4.69) is 23.5 Å². The summed E-state index contributed by atoms with van der Waals surface area (Å²) in [6.07, 6.45) is 9.61. The van der Waals surface area contributed by atoms with Crippen LogP contribution in [0, 0.1) is 19.8 Å². The Balaban J connectivity index is 1.67. The van der Waals surface area contributed by atoms with Gasteiger partial charge in [0.05, 0.1) is 19.9 Å². The SMILES string of the molecule is COc1ccc(-c2c(C)nn3c(NCCC4C=CCCC4)cc(C)nc23)cc1OC. The molecule has 0 bridgehead atoms. The molecule has 1 aliphatic carbocycles. The predicted molar refractivity (Wildman–Crippen MR) is 121 cm³/mol. The predicted octanol–water partition coefficient (Wildman–Crippen LogP) is 5.19. The maximum atomic E-state index is 5.49. The highest BCUT2D eigenvalue weighted by atomic mass is 16.5. The van der Waals surface area contributed by atoms with E-state index in [-0.39, 0.29) is 0 Å². The van der Waals surface area contributed by atoms with E-state index >= 15 is 0 Å². The molecule has 0 fully saturated rings. The van der Waals surface area contributed by atoms with Crippen LogP contribution in [-0.4, -0.2) is 35.4 Å². The first-order valence-corrected chi connectivity index (χ1v) is 10.6. The number of methoxy groups -OCH3 is 2. The second kappa shape index (κ2) is 8.78. The maximum Gasteiger partial charge on any atom is 0.165 e. The van der Waals surface area contributed by atoms with E-state index in [1.807, 2.05) is 36.6 Å². The minimum absolute atomic E-state index is 0.673. The minimum Gasteiger partial charge on any atom is -0.493 e. The molecule has 0 spiro atoms. The van der Waals surface area contributed by atoms with Crippen molar-refractivity contribution in [2.75, 3.05) is 26.1 Å². The third kappa shape index (κ3) is 3.99. The molecule has 1 aliphatic rings. The van der Waals surface area contributed by atoms with Crippen LogP contribution in [0.3, 0.4) is 0 Å². The van der Waals surface area contributed by atoms with E-state index in [1.54, 1.807) is 14.2 Å². The lowest BCUT2D eigenvalue weighted by atomic mass is 9.93. The molecule has 0 saturated carbocycles. The van der Waals surface area contributed by atoms with Gasteiger partial charge in [-0.05, 0) is 63.1 Å². The molecular formula is C24H30N4O2. The smallest absolute Gasteiger partial charge is 0.165 e. The van der Waals surface area contributed by atoms with Gasteiger partial charge in [-0.1, -0.05) is 18.2 Å². The van der Waals surface area contributed by atoms with Gasteiger partial charge in [0.1, 0.15) is 5.82 Å². The van der Waals surface area contributed by atoms with Crippen LogP contribution in [0.5, 0.6) is 11.5 Å². The summed E-state index contributed by atoms with van der Waals surface area (Å²) in [6, 6.07) is 7.99. The molecule has 6 nitrogen and oxygen atoms in total. The van der Waals surface area contributed by atoms with E-state index in [4.69, 9.17) is 19.6 Å². The van der Waals surface area contributed by atoms with Crippen molar-refractivity contribution < 1.29 is 9.47 Å². The summed E-state index contributed by atoms with van der Waals surface area (Å²) in [7, 11) is 3.29. The number of allylic oxidation sites excluding steroid dienone is 2. The number of anilines is 1. The molecule has 4 rings (SSSR count). The third-order valence-electron chi connectivity index (χ3n) is 5.74. The van der Waals surface area contributed by atoms with Crippen molar-refractivity contribution in [3.63, 3.8) is 0 Å². The Morgan fingerprint density at radius 1 is 1.13 bits per heavy atom. The Hall–Kier alpha value is -3.02. The topological polar surface area (TPSA) is 60.7 Å². The number of nitrogens with zero attached hydrogens (tertiary/aromatic N) is 3. The first kappa shape index (κ1) is 20.3. The van der Waals surface area contributed by atoms with Crippen molar-refractivity contribution in [2.45, 2.75) is 39.5 Å². The van der Waals surface area contributed by atoms with Crippen LogP contribution in [-0.2, 0) is 0 Å². The lowest BCUT2D eigenvalue weighted by molar-refractivity contribution is 0.355. The highest BCUT2D eigenvalue weighted by Gasteiger charge is 2.18. The van der Waals surface area contributed by atoms with Gasteiger partial charge < -0.3 is 14.8 Å². The zero-order valence-electron chi connectivity index (χ0n) is 18.2. The van der Waals surface area contributed by atoms with Gasteiger partial charge in [-0.2, -0.15) is 9.61 Å². The number of fused-ring (bicyclic) bond motifs is 1. The number of rotatable bonds is 7. The molecule has 3 aromatic rings. The third-order valence-corrected chi connectivity index (χ3v) is 5.74. The maximum absolute atomic E-state index is 5.49. The van der Waals surface area contributed by atoms with Gasteiger partial charge in [-0.3, -0.25) is 0 Å². The zero-order valence-corrected chi connectivity index (χ0v) is 18.2. The van der Waals surface area contributed by atoms with Crippen LogP contribution >= 0.6 is 0 Å².